The van der Waals surface area contributed by atoms with Crippen LogP contribution in [0.25, 0.3) is 6.08 Å². The average molecular weight is 378 g/mol. The van der Waals surface area contributed by atoms with Crippen molar-refractivity contribution >= 4 is 29.6 Å². The number of benzene rings is 2. The Labute approximate surface area is 160 Å². The van der Waals surface area contributed by atoms with Gasteiger partial charge >= 0.3 is 5.97 Å². The van der Waals surface area contributed by atoms with E-state index in [2.05, 4.69) is 4.99 Å². The van der Waals surface area contributed by atoms with E-state index < -0.39 is 41.3 Å². The summed E-state index contributed by atoms with van der Waals surface area (Å²) in [6, 6.07) is 12.9. The molecule has 0 fully saturated rings. The van der Waals surface area contributed by atoms with Gasteiger partial charge in [0, 0.05) is 23.3 Å². The first-order chi connectivity index (χ1) is 13.2. The Morgan fingerprint density at radius 1 is 1.14 bits per heavy atom. The Bertz CT molecular complexity index is 1110. The molecule has 2 unspecified atom stereocenters. The second-order valence-corrected chi connectivity index (χ2v) is 6.94. The fourth-order valence-electron chi connectivity index (χ4n) is 3.49. The first-order valence-corrected chi connectivity index (χ1v) is 8.58. The highest BCUT2D eigenvalue weighted by atomic mass is 16.4. The molecule has 1 heterocycles. The molecule has 142 valence electrons. The zero-order valence-corrected chi connectivity index (χ0v) is 15.1. The van der Waals surface area contributed by atoms with Crippen LogP contribution in [-0.2, 0) is 14.4 Å². The van der Waals surface area contributed by atoms with E-state index >= 15 is 0 Å². The molecule has 2 aromatic carbocycles. The maximum Gasteiger partial charge on any atom is 0.310 e. The number of carboxylic acid groups (broad SMARTS) is 1. The van der Waals surface area contributed by atoms with Crippen molar-refractivity contribution in [2.24, 2.45) is 16.1 Å². The standard InChI is InChI=1S/C21H18N2O5/c1-21(20(27)28,11-16(22)24)18(19(26)12-5-3-2-4-6-12)13-7-8-15-14(9-13)10-17(25)23-15/h2-10,18H,11H2,1H3,(H2,22,24)(H,27,28). The number of fused-ring (bicyclic) bond motifs is 1. The van der Waals surface area contributed by atoms with Gasteiger partial charge in [0.2, 0.25) is 5.91 Å². The van der Waals surface area contributed by atoms with E-state index in [0.717, 1.165) is 0 Å². The number of hydrogen-bond acceptors (Lipinski definition) is 4. The highest BCUT2D eigenvalue weighted by molar-refractivity contribution is 6.07. The number of carbonyl (C=O) groups excluding carboxylic acids is 3. The number of nitrogens with two attached hydrogens (primary N) is 1. The van der Waals surface area contributed by atoms with Crippen LogP contribution in [0.15, 0.2) is 53.5 Å². The van der Waals surface area contributed by atoms with Crippen molar-refractivity contribution in [3.63, 3.8) is 0 Å². The van der Waals surface area contributed by atoms with Gasteiger partial charge in [-0.2, -0.15) is 0 Å². The lowest BCUT2D eigenvalue weighted by molar-refractivity contribution is -0.151. The van der Waals surface area contributed by atoms with E-state index in [1.165, 1.54) is 13.0 Å². The minimum absolute atomic E-state index is 0.315. The number of rotatable bonds is 7. The number of ketones is 1. The average Bonchev–Trinajstić information content (AvgIpc) is 3.01. The molecule has 1 aliphatic heterocycles. The van der Waals surface area contributed by atoms with Crippen molar-refractivity contribution in [3.8, 4) is 0 Å². The van der Waals surface area contributed by atoms with Crippen LogP contribution in [0.2, 0.25) is 0 Å². The van der Waals surface area contributed by atoms with Crippen LogP contribution in [0.3, 0.4) is 0 Å². The Kier molecular flexibility index (Phi) is 4.92. The van der Waals surface area contributed by atoms with Gasteiger partial charge in [-0.15, -0.1) is 0 Å². The normalized spacial score (nSPS) is 15.5. The van der Waals surface area contributed by atoms with Crippen LogP contribution in [-0.4, -0.2) is 28.7 Å². The van der Waals surface area contributed by atoms with Gasteiger partial charge in [-0.25, -0.2) is 4.99 Å². The summed E-state index contributed by atoms with van der Waals surface area (Å²) < 4.78 is 0. The zero-order chi connectivity index (χ0) is 20.5. The van der Waals surface area contributed by atoms with E-state index in [4.69, 9.17) is 5.73 Å². The van der Waals surface area contributed by atoms with Gasteiger partial charge in [0.25, 0.3) is 5.91 Å². The number of carboxylic acids is 1. The minimum atomic E-state index is -1.77. The fraction of sp³-hybridized carbons (Fsp3) is 0.190. The predicted molar refractivity (Wildman–Crippen MR) is 99.8 cm³/mol. The molecule has 7 nitrogen and oxygen atoms in total. The smallest absolute Gasteiger partial charge is 0.310 e. The summed E-state index contributed by atoms with van der Waals surface area (Å²) in [4.78, 5) is 52.5. The molecule has 0 spiro atoms. The van der Waals surface area contributed by atoms with Crippen LogP contribution >= 0.6 is 0 Å². The van der Waals surface area contributed by atoms with Crippen molar-refractivity contribution in [1.82, 2.24) is 0 Å². The molecular weight excluding hydrogens is 360 g/mol. The van der Waals surface area contributed by atoms with E-state index in [9.17, 15) is 24.3 Å². The second-order valence-electron chi connectivity index (χ2n) is 6.94. The number of aliphatic carboxylic acids is 1. The Hall–Kier alpha value is -3.61. The van der Waals surface area contributed by atoms with Crippen LogP contribution in [0.4, 0.5) is 0 Å². The van der Waals surface area contributed by atoms with Crippen molar-refractivity contribution < 1.29 is 24.3 Å². The Morgan fingerprint density at radius 3 is 2.43 bits per heavy atom. The lowest BCUT2D eigenvalue weighted by atomic mass is 9.68. The SMILES string of the molecule is CC(CC(N)=O)(C(=O)O)C(C(=O)c1ccccc1)c1ccc2c(c1)=CC(=O)N=2. The molecule has 7 heteroatoms. The second kappa shape index (κ2) is 7.19. The topological polar surface area (TPSA) is 127 Å². The molecule has 2 atom stereocenters. The van der Waals surface area contributed by atoms with E-state index in [1.54, 1.807) is 48.5 Å². The number of amides is 2. The highest BCUT2D eigenvalue weighted by Crippen LogP contribution is 2.41. The van der Waals surface area contributed by atoms with Crippen LogP contribution in [0, 0.1) is 5.41 Å². The number of hydrogen-bond donors (Lipinski definition) is 2. The number of nitrogens with zero attached hydrogens (tertiary/aromatic N) is 1. The third kappa shape index (κ3) is 3.46. The molecule has 0 saturated heterocycles. The zero-order valence-electron chi connectivity index (χ0n) is 15.1. The minimum Gasteiger partial charge on any atom is -0.481 e. The Balaban J connectivity index is 2.22. The van der Waals surface area contributed by atoms with Gasteiger partial charge in [0.05, 0.1) is 16.7 Å². The fourth-order valence-corrected chi connectivity index (χ4v) is 3.49. The number of Topliss-reactive ketones (excluding diaryl/α,β-unsaturated/α-hetero) is 1. The lowest BCUT2D eigenvalue weighted by Crippen LogP contribution is -2.42. The third-order valence-corrected chi connectivity index (χ3v) is 4.88. The van der Waals surface area contributed by atoms with Crippen LogP contribution in [0.5, 0.6) is 0 Å². The first-order valence-electron chi connectivity index (χ1n) is 8.58. The monoisotopic (exact) mass is 378 g/mol. The summed E-state index contributed by atoms with van der Waals surface area (Å²) in [5.41, 5.74) is 4.22. The quantitative estimate of drug-likeness (QED) is 0.681. The Morgan fingerprint density at radius 2 is 1.82 bits per heavy atom. The maximum absolute atomic E-state index is 13.3. The summed E-state index contributed by atoms with van der Waals surface area (Å²) in [6.45, 7) is 1.33. The number of primary amides is 1. The predicted octanol–water partition coefficient (Wildman–Crippen LogP) is 0.560. The van der Waals surface area contributed by atoms with Crippen molar-refractivity contribution in [2.75, 3.05) is 0 Å². The van der Waals surface area contributed by atoms with Crippen molar-refractivity contribution in [1.29, 1.82) is 0 Å². The summed E-state index contributed by atoms with van der Waals surface area (Å²) in [5, 5.41) is 10.9. The molecule has 28 heavy (non-hydrogen) atoms. The maximum atomic E-state index is 13.3. The van der Waals surface area contributed by atoms with Gasteiger partial charge in [-0.05, 0) is 24.6 Å². The molecule has 1 aliphatic rings. The summed E-state index contributed by atoms with van der Waals surface area (Å²) >= 11 is 0. The molecule has 0 radical (unpaired) electrons. The van der Waals surface area contributed by atoms with Gasteiger partial charge < -0.3 is 10.8 Å². The summed E-state index contributed by atoms with van der Waals surface area (Å²) in [7, 11) is 0. The summed E-state index contributed by atoms with van der Waals surface area (Å²) in [6.07, 6.45) is 0.796. The molecule has 0 bridgehead atoms. The number of carbonyl (C=O) groups is 4. The molecule has 0 aromatic heterocycles. The summed E-state index contributed by atoms with van der Waals surface area (Å²) in [5.74, 6) is -4.20. The van der Waals surface area contributed by atoms with E-state index in [0.29, 0.717) is 21.7 Å². The molecule has 3 N–H and O–H groups in total. The lowest BCUT2D eigenvalue weighted by Gasteiger charge is -2.32. The van der Waals surface area contributed by atoms with Gasteiger partial charge in [0.1, 0.15) is 0 Å². The van der Waals surface area contributed by atoms with E-state index in [1.807, 2.05) is 0 Å². The van der Waals surface area contributed by atoms with E-state index in [-0.39, 0.29) is 0 Å². The van der Waals surface area contributed by atoms with Gasteiger partial charge in [0.15, 0.2) is 5.78 Å². The largest absolute Gasteiger partial charge is 0.481 e. The van der Waals surface area contributed by atoms with Crippen molar-refractivity contribution in [3.05, 3.63) is 70.2 Å². The van der Waals surface area contributed by atoms with Gasteiger partial charge in [-0.1, -0.05) is 36.4 Å². The molecule has 0 aliphatic carbocycles. The molecule has 2 amide bonds. The molecule has 0 saturated carbocycles. The molecular formula is C21H18N2O5. The third-order valence-electron chi connectivity index (χ3n) is 4.88. The molecule has 2 aromatic rings. The first kappa shape index (κ1) is 19.2. The van der Waals surface area contributed by atoms with Crippen LogP contribution in [0.1, 0.15) is 35.2 Å². The van der Waals surface area contributed by atoms with Gasteiger partial charge in [-0.3, -0.25) is 19.2 Å². The molecule has 3 rings (SSSR count). The highest BCUT2D eigenvalue weighted by Gasteiger charge is 2.47. The van der Waals surface area contributed by atoms with Crippen molar-refractivity contribution in [2.45, 2.75) is 19.3 Å². The van der Waals surface area contributed by atoms with Crippen LogP contribution < -0.4 is 16.3 Å².